The van der Waals surface area contributed by atoms with Gasteiger partial charge in [0, 0.05) is 19.2 Å². The molecule has 0 atom stereocenters. The number of nitrogens with zero attached hydrogens (tertiary/aromatic N) is 1. The van der Waals surface area contributed by atoms with Crippen LogP contribution in [0.5, 0.6) is 0 Å². The molecule has 0 aliphatic carbocycles. The van der Waals surface area contributed by atoms with Crippen LogP contribution in [-0.4, -0.2) is 18.6 Å². The van der Waals surface area contributed by atoms with Gasteiger partial charge in [0.15, 0.2) is 0 Å². The predicted octanol–water partition coefficient (Wildman–Crippen LogP) is 1.35. The quantitative estimate of drug-likeness (QED) is 0.541. The first-order valence-electron chi connectivity index (χ1n) is 4.39. The minimum atomic E-state index is 0.868. The molecule has 2 heteroatoms. The standard InChI is InChI=1S/C11H14N2/c1-10-6-5-9-13-11(10)7-3-4-8-12-2/h5-6,9,12H,4,8H2,1-2H3. The molecule has 0 saturated heterocycles. The van der Waals surface area contributed by atoms with Crippen molar-refractivity contribution in [3.05, 3.63) is 29.6 Å². The van der Waals surface area contributed by atoms with E-state index in [9.17, 15) is 0 Å². The molecule has 0 radical (unpaired) electrons. The van der Waals surface area contributed by atoms with Gasteiger partial charge in [-0.15, -0.1) is 0 Å². The summed E-state index contributed by atoms with van der Waals surface area (Å²) < 4.78 is 0. The summed E-state index contributed by atoms with van der Waals surface area (Å²) in [5.74, 6) is 6.12. The van der Waals surface area contributed by atoms with Crippen molar-refractivity contribution in [1.82, 2.24) is 10.3 Å². The summed E-state index contributed by atoms with van der Waals surface area (Å²) >= 11 is 0. The largest absolute Gasteiger partial charge is 0.319 e. The van der Waals surface area contributed by atoms with Crippen LogP contribution < -0.4 is 5.32 Å². The van der Waals surface area contributed by atoms with E-state index in [1.807, 2.05) is 26.1 Å². The summed E-state index contributed by atoms with van der Waals surface area (Å²) in [6.07, 6.45) is 2.64. The number of rotatable bonds is 2. The summed E-state index contributed by atoms with van der Waals surface area (Å²) in [6, 6.07) is 3.95. The van der Waals surface area contributed by atoms with E-state index in [4.69, 9.17) is 0 Å². The Hall–Kier alpha value is -1.33. The molecular weight excluding hydrogens is 160 g/mol. The van der Waals surface area contributed by atoms with Crippen molar-refractivity contribution < 1.29 is 0 Å². The number of hydrogen-bond donors (Lipinski definition) is 1. The third-order valence-corrected chi connectivity index (χ3v) is 1.72. The van der Waals surface area contributed by atoms with Gasteiger partial charge in [0.05, 0.1) is 0 Å². The molecule has 1 aromatic heterocycles. The third-order valence-electron chi connectivity index (χ3n) is 1.72. The third kappa shape index (κ3) is 3.27. The molecule has 1 N–H and O–H groups in total. The second-order valence-corrected chi connectivity index (χ2v) is 2.82. The van der Waals surface area contributed by atoms with Gasteiger partial charge < -0.3 is 5.32 Å². The highest BCUT2D eigenvalue weighted by Crippen LogP contribution is 2.00. The maximum atomic E-state index is 4.18. The maximum Gasteiger partial charge on any atom is 0.116 e. The first-order valence-corrected chi connectivity index (χ1v) is 4.39. The highest BCUT2D eigenvalue weighted by atomic mass is 14.8. The molecule has 1 rings (SSSR count). The molecule has 0 fully saturated rings. The lowest BCUT2D eigenvalue weighted by Gasteiger charge is -1.93. The van der Waals surface area contributed by atoms with Crippen LogP contribution in [0.1, 0.15) is 17.7 Å². The van der Waals surface area contributed by atoms with Gasteiger partial charge in [-0.2, -0.15) is 0 Å². The zero-order chi connectivity index (χ0) is 9.52. The Morgan fingerprint density at radius 1 is 1.54 bits per heavy atom. The molecule has 0 bridgehead atoms. The van der Waals surface area contributed by atoms with E-state index in [1.165, 1.54) is 0 Å². The summed E-state index contributed by atoms with van der Waals surface area (Å²) in [5, 5.41) is 3.05. The Labute approximate surface area is 79.4 Å². The molecule has 68 valence electrons. The molecule has 2 nitrogen and oxygen atoms in total. The number of nitrogens with one attached hydrogen (secondary N) is 1. The van der Waals surface area contributed by atoms with Gasteiger partial charge in [0.1, 0.15) is 5.69 Å². The van der Waals surface area contributed by atoms with Crippen molar-refractivity contribution in [3.8, 4) is 11.8 Å². The average Bonchev–Trinajstić information content (AvgIpc) is 2.15. The van der Waals surface area contributed by atoms with Crippen LogP contribution in [0.2, 0.25) is 0 Å². The smallest absolute Gasteiger partial charge is 0.116 e. The van der Waals surface area contributed by atoms with Gasteiger partial charge in [0.2, 0.25) is 0 Å². The van der Waals surface area contributed by atoms with E-state index in [-0.39, 0.29) is 0 Å². The van der Waals surface area contributed by atoms with E-state index in [0.29, 0.717) is 0 Å². The van der Waals surface area contributed by atoms with Crippen molar-refractivity contribution in [2.75, 3.05) is 13.6 Å². The average molecular weight is 174 g/mol. The van der Waals surface area contributed by atoms with Gasteiger partial charge in [-0.25, -0.2) is 4.98 Å². The molecule has 0 unspecified atom stereocenters. The molecule has 1 heterocycles. The van der Waals surface area contributed by atoms with Crippen LogP contribution in [-0.2, 0) is 0 Å². The minimum Gasteiger partial charge on any atom is -0.319 e. The summed E-state index contributed by atoms with van der Waals surface area (Å²) in [5.41, 5.74) is 2.03. The van der Waals surface area contributed by atoms with Crippen LogP contribution in [0.15, 0.2) is 18.3 Å². The minimum absolute atomic E-state index is 0.868. The molecule has 0 saturated carbocycles. The van der Waals surface area contributed by atoms with Crippen molar-refractivity contribution in [1.29, 1.82) is 0 Å². The van der Waals surface area contributed by atoms with Gasteiger partial charge >= 0.3 is 0 Å². The zero-order valence-electron chi connectivity index (χ0n) is 8.09. The molecule has 0 aliphatic rings. The van der Waals surface area contributed by atoms with Gasteiger partial charge in [0.25, 0.3) is 0 Å². The first kappa shape index (κ1) is 9.76. The van der Waals surface area contributed by atoms with Crippen LogP contribution in [0.3, 0.4) is 0 Å². The highest BCUT2D eigenvalue weighted by Gasteiger charge is 1.91. The maximum absolute atomic E-state index is 4.18. The van der Waals surface area contributed by atoms with E-state index >= 15 is 0 Å². The Bertz CT molecular complexity index is 320. The lowest BCUT2D eigenvalue weighted by atomic mass is 10.2. The SMILES string of the molecule is CNCCC#Cc1ncccc1C. The van der Waals surface area contributed by atoms with E-state index < -0.39 is 0 Å². The lowest BCUT2D eigenvalue weighted by Crippen LogP contribution is -2.05. The number of hydrogen-bond acceptors (Lipinski definition) is 2. The molecule has 13 heavy (non-hydrogen) atoms. The van der Waals surface area contributed by atoms with Gasteiger partial charge in [-0.3, -0.25) is 0 Å². The van der Waals surface area contributed by atoms with Crippen molar-refractivity contribution in [2.45, 2.75) is 13.3 Å². The zero-order valence-corrected chi connectivity index (χ0v) is 8.09. The molecule has 0 aromatic carbocycles. The van der Waals surface area contributed by atoms with Gasteiger partial charge in [-0.05, 0) is 31.5 Å². The normalized spacial score (nSPS) is 9.08. The Morgan fingerprint density at radius 2 is 2.38 bits per heavy atom. The van der Waals surface area contributed by atoms with Crippen molar-refractivity contribution in [2.24, 2.45) is 0 Å². The summed E-state index contributed by atoms with van der Waals surface area (Å²) in [7, 11) is 1.92. The van der Waals surface area contributed by atoms with Crippen molar-refractivity contribution in [3.63, 3.8) is 0 Å². The molecule has 0 aliphatic heterocycles. The summed E-state index contributed by atoms with van der Waals surface area (Å²) in [4.78, 5) is 4.18. The molecule has 1 aromatic rings. The van der Waals surface area contributed by atoms with Crippen LogP contribution in [0.25, 0.3) is 0 Å². The molecule has 0 amide bonds. The fraction of sp³-hybridized carbons (Fsp3) is 0.364. The second kappa shape index (κ2) is 5.34. The van der Waals surface area contributed by atoms with E-state index in [1.54, 1.807) is 6.20 Å². The monoisotopic (exact) mass is 174 g/mol. The fourth-order valence-corrected chi connectivity index (χ4v) is 0.950. The van der Waals surface area contributed by atoms with Gasteiger partial charge in [-0.1, -0.05) is 12.0 Å². The highest BCUT2D eigenvalue weighted by molar-refractivity contribution is 5.34. The molecule has 0 spiro atoms. The lowest BCUT2D eigenvalue weighted by molar-refractivity contribution is 0.818. The second-order valence-electron chi connectivity index (χ2n) is 2.82. The van der Waals surface area contributed by atoms with Crippen LogP contribution in [0.4, 0.5) is 0 Å². The topological polar surface area (TPSA) is 24.9 Å². The van der Waals surface area contributed by atoms with Crippen molar-refractivity contribution >= 4 is 0 Å². The number of pyridine rings is 1. The predicted molar refractivity (Wildman–Crippen MR) is 54.4 cm³/mol. The Kier molecular flexibility index (Phi) is 4.01. The van der Waals surface area contributed by atoms with Crippen LogP contribution in [0, 0.1) is 18.8 Å². The number of aromatic nitrogens is 1. The first-order chi connectivity index (χ1) is 6.34. The molecular formula is C11H14N2. The Morgan fingerprint density at radius 3 is 3.08 bits per heavy atom. The number of aryl methyl sites for hydroxylation is 1. The van der Waals surface area contributed by atoms with Crippen LogP contribution >= 0.6 is 0 Å². The summed E-state index contributed by atoms with van der Waals surface area (Å²) in [6.45, 7) is 2.95. The fourth-order valence-electron chi connectivity index (χ4n) is 0.950. The van der Waals surface area contributed by atoms with E-state index in [2.05, 4.69) is 22.1 Å². The Balaban J connectivity index is 2.61. The van der Waals surface area contributed by atoms with E-state index in [0.717, 1.165) is 24.2 Å².